The Morgan fingerprint density at radius 3 is 2.60 bits per heavy atom. The largest absolute Gasteiger partial charge is 0.295 e. The van der Waals surface area contributed by atoms with E-state index < -0.39 is 4.92 Å². The van der Waals surface area contributed by atoms with Gasteiger partial charge in [-0.1, -0.05) is 18.2 Å². The maximum absolute atomic E-state index is 11.0. The van der Waals surface area contributed by atoms with E-state index >= 15 is 0 Å². The van der Waals surface area contributed by atoms with Gasteiger partial charge in [0.1, 0.15) is 0 Å². The lowest BCUT2D eigenvalue weighted by atomic mass is 10.1. The fourth-order valence-electron chi connectivity index (χ4n) is 1.24. The molecule has 0 N–H and O–H groups in total. The van der Waals surface area contributed by atoms with Gasteiger partial charge < -0.3 is 0 Å². The Labute approximate surface area is 87.4 Å². The highest BCUT2D eigenvalue weighted by Gasteiger charge is 2.13. The molecule has 0 radical (unpaired) electrons. The fourth-order valence-corrected chi connectivity index (χ4v) is 1.24. The Hall–Kier alpha value is -1.97. The molecule has 1 rings (SSSR count). The van der Waals surface area contributed by atoms with E-state index in [4.69, 9.17) is 0 Å². The Kier molecular flexibility index (Phi) is 3.33. The van der Waals surface area contributed by atoms with Crippen LogP contribution in [0.2, 0.25) is 0 Å². The van der Waals surface area contributed by atoms with Gasteiger partial charge in [-0.25, -0.2) is 0 Å². The van der Waals surface area contributed by atoms with Gasteiger partial charge >= 0.3 is 0 Å². The molecule has 0 aliphatic heterocycles. The van der Waals surface area contributed by atoms with E-state index in [0.717, 1.165) is 0 Å². The van der Waals surface area contributed by atoms with Crippen molar-refractivity contribution in [3.63, 3.8) is 0 Å². The minimum atomic E-state index is -0.484. The molecule has 0 amide bonds. The van der Waals surface area contributed by atoms with Gasteiger partial charge in [0.05, 0.1) is 10.5 Å². The summed E-state index contributed by atoms with van der Waals surface area (Å²) in [5.74, 6) is -0.176. The monoisotopic (exact) mass is 205 g/mol. The van der Waals surface area contributed by atoms with E-state index in [2.05, 4.69) is 0 Å². The van der Waals surface area contributed by atoms with Gasteiger partial charge in [-0.3, -0.25) is 14.9 Å². The van der Waals surface area contributed by atoms with E-state index in [0.29, 0.717) is 11.1 Å². The summed E-state index contributed by atoms with van der Waals surface area (Å²) in [6.07, 6.45) is 3.36. The number of rotatable bonds is 3. The van der Waals surface area contributed by atoms with E-state index in [-0.39, 0.29) is 11.5 Å². The molecule has 4 nitrogen and oxygen atoms in total. The molecule has 4 heteroatoms. The summed E-state index contributed by atoms with van der Waals surface area (Å²) in [7, 11) is 0. The van der Waals surface area contributed by atoms with Gasteiger partial charge in [0, 0.05) is 11.6 Å². The van der Waals surface area contributed by atoms with Gasteiger partial charge in [0.25, 0.3) is 5.69 Å². The van der Waals surface area contributed by atoms with Crippen LogP contribution in [0, 0.1) is 10.1 Å². The van der Waals surface area contributed by atoms with Crippen molar-refractivity contribution in [1.29, 1.82) is 0 Å². The number of hydrogen-bond donors (Lipinski definition) is 0. The molecule has 78 valence electrons. The average molecular weight is 205 g/mol. The quantitative estimate of drug-likeness (QED) is 0.433. The summed E-state index contributed by atoms with van der Waals surface area (Å²) < 4.78 is 0. The summed E-state index contributed by atoms with van der Waals surface area (Å²) in [6, 6.07) is 4.47. The van der Waals surface area contributed by atoms with Crippen LogP contribution in [-0.2, 0) is 0 Å². The minimum Gasteiger partial charge on any atom is -0.295 e. The Morgan fingerprint density at radius 2 is 2.13 bits per heavy atom. The molecule has 1 aromatic rings. The summed E-state index contributed by atoms with van der Waals surface area (Å²) in [5, 5.41) is 10.7. The lowest BCUT2D eigenvalue weighted by molar-refractivity contribution is -0.385. The van der Waals surface area contributed by atoms with Crippen molar-refractivity contribution >= 4 is 17.5 Å². The van der Waals surface area contributed by atoms with Crippen LogP contribution in [0.1, 0.15) is 29.8 Å². The number of carbonyl (C=O) groups excluding carboxylic acids is 1. The maximum atomic E-state index is 11.0. The van der Waals surface area contributed by atoms with Gasteiger partial charge in [0.2, 0.25) is 0 Å². The van der Waals surface area contributed by atoms with Crippen LogP contribution in [0.4, 0.5) is 5.69 Å². The number of nitrogens with zero attached hydrogens (tertiary/aromatic N) is 1. The molecule has 0 aromatic heterocycles. The van der Waals surface area contributed by atoms with Crippen molar-refractivity contribution in [2.75, 3.05) is 0 Å². The zero-order chi connectivity index (χ0) is 11.4. The first-order chi connectivity index (χ1) is 7.06. The number of carbonyl (C=O) groups is 1. The number of nitro benzene ring substituents is 1. The standard InChI is InChI=1S/C11H11NO3/c1-3-4-9-5-6-10(8(2)13)7-11(9)12(14)15/h3-7H,1-2H3/b4-3+. The number of nitro groups is 1. The fraction of sp³-hybridized carbons (Fsp3) is 0.182. The van der Waals surface area contributed by atoms with Crippen LogP contribution >= 0.6 is 0 Å². The lowest BCUT2D eigenvalue weighted by Gasteiger charge is -1.99. The molecule has 0 aliphatic carbocycles. The van der Waals surface area contributed by atoms with E-state index in [1.807, 2.05) is 0 Å². The molecule has 15 heavy (non-hydrogen) atoms. The first-order valence-corrected chi connectivity index (χ1v) is 4.48. The van der Waals surface area contributed by atoms with Crippen molar-refractivity contribution in [1.82, 2.24) is 0 Å². The smallest absolute Gasteiger partial charge is 0.277 e. The van der Waals surface area contributed by atoms with Crippen molar-refractivity contribution < 1.29 is 9.72 Å². The molecule has 0 saturated heterocycles. The molecular weight excluding hydrogens is 194 g/mol. The number of ketones is 1. The number of hydrogen-bond acceptors (Lipinski definition) is 3. The zero-order valence-corrected chi connectivity index (χ0v) is 8.56. The highest BCUT2D eigenvalue weighted by molar-refractivity contribution is 5.95. The normalized spacial score (nSPS) is 10.5. The van der Waals surface area contributed by atoms with Gasteiger partial charge in [-0.15, -0.1) is 0 Å². The topological polar surface area (TPSA) is 60.2 Å². The third-order valence-corrected chi connectivity index (χ3v) is 1.98. The number of benzene rings is 1. The summed E-state index contributed by atoms with van der Waals surface area (Å²) in [5.41, 5.74) is 0.822. The first kappa shape index (κ1) is 11.1. The van der Waals surface area contributed by atoms with Crippen LogP contribution in [0.3, 0.4) is 0 Å². The van der Waals surface area contributed by atoms with E-state index in [1.165, 1.54) is 13.0 Å². The summed E-state index contributed by atoms with van der Waals surface area (Å²) in [4.78, 5) is 21.3. The Balaban J connectivity index is 3.33. The van der Waals surface area contributed by atoms with E-state index in [1.54, 1.807) is 31.2 Å². The summed E-state index contributed by atoms with van der Waals surface area (Å²) in [6.45, 7) is 3.16. The van der Waals surface area contributed by atoms with Crippen LogP contribution in [0.5, 0.6) is 0 Å². The van der Waals surface area contributed by atoms with Crippen LogP contribution < -0.4 is 0 Å². The molecule has 0 atom stereocenters. The Bertz CT molecular complexity index is 435. The molecule has 0 heterocycles. The first-order valence-electron chi connectivity index (χ1n) is 4.48. The van der Waals surface area contributed by atoms with Crippen molar-refractivity contribution in [3.05, 3.63) is 45.5 Å². The molecule has 0 aliphatic rings. The van der Waals surface area contributed by atoms with E-state index in [9.17, 15) is 14.9 Å². The van der Waals surface area contributed by atoms with Gasteiger partial charge in [-0.2, -0.15) is 0 Å². The second kappa shape index (κ2) is 4.50. The SMILES string of the molecule is C/C=C/c1ccc(C(C)=O)cc1[N+](=O)[O-]. The third kappa shape index (κ3) is 2.49. The highest BCUT2D eigenvalue weighted by atomic mass is 16.6. The highest BCUT2D eigenvalue weighted by Crippen LogP contribution is 2.21. The van der Waals surface area contributed by atoms with Crippen LogP contribution in [0.25, 0.3) is 6.08 Å². The van der Waals surface area contributed by atoms with Crippen LogP contribution in [0.15, 0.2) is 24.3 Å². The third-order valence-electron chi connectivity index (χ3n) is 1.98. The zero-order valence-electron chi connectivity index (χ0n) is 8.56. The minimum absolute atomic E-state index is 0.0409. The van der Waals surface area contributed by atoms with Crippen molar-refractivity contribution in [2.45, 2.75) is 13.8 Å². The second-order valence-corrected chi connectivity index (χ2v) is 3.09. The predicted molar refractivity (Wildman–Crippen MR) is 57.8 cm³/mol. The van der Waals surface area contributed by atoms with Crippen molar-refractivity contribution in [3.8, 4) is 0 Å². The number of allylic oxidation sites excluding steroid dienone is 1. The molecule has 0 bridgehead atoms. The number of Topliss-reactive ketones (excluding diaryl/α,β-unsaturated/α-hetero) is 1. The van der Waals surface area contributed by atoms with Crippen LogP contribution in [-0.4, -0.2) is 10.7 Å². The molecule has 0 fully saturated rings. The molecule has 1 aromatic carbocycles. The second-order valence-electron chi connectivity index (χ2n) is 3.09. The average Bonchev–Trinajstić information content (AvgIpc) is 2.18. The van der Waals surface area contributed by atoms with Crippen molar-refractivity contribution in [2.24, 2.45) is 0 Å². The maximum Gasteiger partial charge on any atom is 0.277 e. The molecule has 0 saturated carbocycles. The lowest BCUT2D eigenvalue weighted by Crippen LogP contribution is -1.97. The Morgan fingerprint density at radius 1 is 1.47 bits per heavy atom. The van der Waals surface area contributed by atoms with Gasteiger partial charge in [-0.05, 0) is 19.9 Å². The predicted octanol–water partition coefficient (Wildman–Crippen LogP) is 2.83. The van der Waals surface area contributed by atoms with Gasteiger partial charge in [0.15, 0.2) is 5.78 Å². The molecule has 0 unspecified atom stereocenters. The summed E-state index contributed by atoms with van der Waals surface area (Å²) >= 11 is 0. The molecular formula is C11H11NO3. The molecule has 0 spiro atoms.